The first-order valence-electron chi connectivity index (χ1n) is 8.93. The third-order valence-electron chi connectivity index (χ3n) is 4.13. The van der Waals surface area contributed by atoms with Crippen molar-refractivity contribution in [2.45, 2.75) is 26.2 Å². The predicted octanol–water partition coefficient (Wildman–Crippen LogP) is 2.17. The van der Waals surface area contributed by atoms with Crippen molar-refractivity contribution in [3.8, 4) is 17.6 Å². The molecule has 14 heteroatoms. The zero-order chi connectivity index (χ0) is 23.6. The van der Waals surface area contributed by atoms with Gasteiger partial charge >= 0.3 is 17.3 Å². The molecular formula is C17H20N4O10. The Labute approximate surface area is 175 Å². The molecule has 1 aliphatic rings. The molecule has 0 unspecified atom stereocenters. The van der Waals surface area contributed by atoms with Crippen molar-refractivity contribution < 1.29 is 34.1 Å². The summed E-state index contributed by atoms with van der Waals surface area (Å²) >= 11 is 0. The monoisotopic (exact) mass is 440 g/mol. The number of hydrogen-bond acceptors (Lipinski definition) is 10. The summed E-state index contributed by atoms with van der Waals surface area (Å²) in [5.41, 5.74) is -3.00. The molecule has 2 rings (SSSR count). The summed E-state index contributed by atoms with van der Waals surface area (Å²) in [6, 6.07) is 0.894. The number of nitro benzene ring substituents is 3. The maximum Gasteiger partial charge on any atom is 0.324 e. The minimum Gasteiger partial charge on any atom is -0.632 e. The summed E-state index contributed by atoms with van der Waals surface area (Å²) < 4.78 is 4.44. The molecule has 0 atom stereocenters. The van der Waals surface area contributed by atoms with Gasteiger partial charge in [0.1, 0.15) is 6.54 Å². The van der Waals surface area contributed by atoms with Gasteiger partial charge in [0.2, 0.25) is 0 Å². The van der Waals surface area contributed by atoms with Gasteiger partial charge in [-0.05, 0) is 25.2 Å². The van der Waals surface area contributed by atoms with E-state index in [1.54, 1.807) is 0 Å². The fraction of sp³-hybridized carbons (Fsp3) is 0.471. The van der Waals surface area contributed by atoms with Crippen LogP contribution in [0.15, 0.2) is 12.1 Å². The van der Waals surface area contributed by atoms with Crippen LogP contribution in [0.2, 0.25) is 0 Å². The lowest BCUT2D eigenvalue weighted by molar-refractivity contribution is -0.878. The molecule has 31 heavy (non-hydrogen) atoms. The number of non-ortho nitro benzene ring substituents is 1. The van der Waals surface area contributed by atoms with Crippen LogP contribution in [0.1, 0.15) is 26.2 Å². The van der Waals surface area contributed by atoms with Gasteiger partial charge in [-0.1, -0.05) is 5.92 Å². The minimum absolute atomic E-state index is 0.0926. The topological polar surface area (TPSA) is 199 Å². The maximum atomic E-state index is 11.9. The number of nitrogens with zero attached hydrogens (tertiary/aromatic N) is 4. The number of esters is 1. The number of quaternary nitrogens is 1. The van der Waals surface area contributed by atoms with Crippen molar-refractivity contribution in [3.63, 3.8) is 0 Å². The van der Waals surface area contributed by atoms with Gasteiger partial charge in [0.15, 0.2) is 6.61 Å². The van der Waals surface area contributed by atoms with E-state index in [9.17, 15) is 40.3 Å². The Hall–Kier alpha value is -3.83. The highest BCUT2D eigenvalue weighted by atomic mass is 16.6. The smallest absolute Gasteiger partial charge is 0.324 e. The standard InChI is InChI=1S/C11H17NO3.C6H3N3O7/c1-11(13)15-10-6-5-9-12(14)7-3-2-4-8-12;10-6-4(8(13)14)1-3(7(11)12)2-5(6)9(15)16/h2-4,7-10H2,1H3;1-2,10H. The number of ether oxygens (including phenoxy) is 1. The number of nitro groups is 3. The van der Waals surface area contributed by atoms with E-state index < -0.39 is 37.6 Å². The lowest BCUT2D eigenvalue weighted by Crippen LogP contribution is -2.46. The second-order valence-electron chi connectivity index (χ2n) is 6.46. The van der Waals surface area contributed by atoms with E-state index in [4.69, 9.17) is 5.11 Å². The average Bonchev–Trinajstić information content (AvgIpc) is 2.68. The second-order valence-corrected chi connectivity index (χ2v) is 6.46. The third-order valence-corrected chi connectivity index (χ3v) is 4.13. The minimum atomic E-state index is -1.21. The van der Waals surface area contributed by atoms with Crippen LogP contribution < -0.4 is 0 Å². The van der Waals surface area contributed by atoms with Gasteiger partial charge in [-0.25, -0.2) is 0 Å². The Morgan fingerprint density at radius 1 is 1.03 bits per heavy atom. The van der Waals surface area contributed by atoms with Crippen molar-refractivity contribution >= 4 is 23.0 Å². The van der Waals surface area contributed by atoms with Crippen LogP contribution in [0.4, 0.5) is 17.1 Å². The number of likely N-dealkylation sites (tertiary alicyclic amines) is 1. The summed E-state index contributed by atoms with van der Waals surface area (Å²) in [5.74, 6) is 3.92. The van der Waals surface area contributed by atoms with E-state index >= 15 is 0 Å². The molecule has 0 radical (unpaired) electrons. The molecule has 168 valence electrons. The summed E-state index contributed by atoms with van der Waals surface area (Å²) in [4.78, 5) is 38.2. The molecule has 1 N–H and O–H groups in total. The van der Waals surface area contributed by atoms with Crippen LogP contribution in [0, 0.1) is 47.4 Å². The fourth-order valence-electron chi connectivity index (χ4n) is 2.61. The number of carbonyl (C=O) groups is 1. The normalized spacial score (nSPS) is 14.1. The first-order valence-corrected chi connectivity index (χ1v) is 8.93. The van der Waals surface area contributed by atoms with Gasteiger partial charge in [0.05, 0.1) is 40.0 Å². The van der Waals surface area contributed by atoms with Gasteiger partial charge < -0.3 is 19.7 Å². The van der Waals surface area contributed by atoms with Gasteiger partial charge in [-0.3, -0.25) is 35.1 Å². The summed E-state index contributed by atoms with van der Waals surface area (Å²) in [7, 11) is 0. The fourth-order valence-corrected chi connectivity index (χ4v) is 2.61. The number of benzene rings is 1. The largest absolute Gasteiger partial charge is 0.632 e. The van der Waals surface area contributed by atoms with Gasteiger partial charge in [0.25, 0.3) is 11.4 Å². The maximum absolute atomic E-state index is 11.9. The van der Waals surface area contributed by atoms with Gasteiger partial charge in [0, 0.05) is 6.92 Å². The Kier molecular flexibility index (Phi) is 9.25. The number of hydroxylamine groups is 3. The molecule has 0 amide bonds. The van der Waals surface area contributed by atoms with Gasteiger partial charge in [-0.15, -0.1) is 0 Å². The SMILES string of the molecule is CC(=O)OCC#CC[N+]1([O-])CCCCC1.O=[N+]([O-])c1cc([N+](=O)[O-])c(O)c([N+](=O)[O-])c1. The lowest BCUT2D eigenvalue weighted by Gasteiger charge is -2.43. The Balaban J connectivity index is 0.000000311. The summed E-state index contributed by atoms with van der Waals surface area (Å²) in [6.07, 6.45) is 3.15. The van der Waals surface area contributed by atoms with Crippen molar-refractivity contribution in [2.24, 2.45) is 0 Å². The lowest BCUT2D eigenvalue weighted by atomic mass is 10.1. The Morgan fingerprint density at radius 2 is 1.55 bits per heavy atom. The molecule has 0 aromatic heterocycles. The molecule has 14 nitrogen and oxygen atoms in total. The number of phenols is 1. The van der Waals surface area contributed by atoms with E-state index in [-0.39, 0.29) is 17.2 Å². The Bertz CT molecular complexity index is 880. The van der Waals surface area contributed by atoms with E-state index in [1.807, 2.05) is 0 Å². The van der Waals surface area contributed by atoms with Crippen molar-refractivity contribution in [1.82, 2.24) is 0 Å². The molecule has 0 spiro atoms. The number of rotatable bonds is 5. The third kappa shape index (κ3) is 8.20. The highest BCUT2D eigenvalue weighted by Gasteiger charge is 2.30. The van der Waals surface area contributed by atoms with Gasteiger partial charge in [-0.2, -0.15) is 0 Å². The van der Waals surface area contributed by atoms with Crippen molar-refractivity contribution in [3.05, 3.63) is 47.7 Å². The van der Waals surface area contributed by atoms with Crippen LogP contribution in [0.25, 0.3) is 0 Å². The highest BCUT2D eigenvalue weighted by Crippen LogP contribution is 2.38. The molecule has 0 bridgehead atoms. The molecule has 1 fully saturated rings. The van der Waals surface area contributed by atoms with Crippen LogP contribution in [-0.2, 0) is 9.53 Å². The highest BCUT2D eigenvalue weighted by molar-refractivity contribution is 5.66. The van der Waals surface area contributed by atoms with E-state index in [2.05, 4.69) is 16.6 Å². The van der Waals surface area contributed by atoms with Crippen LogP contribution in [0.5, 0.6) is 5.75 Å². The number of aromatic hydroxyl groups is 1. The van der Waals surface area contributed by atoms with Crippen LogP contribution >= 0.6 is 0 Å². The molecular weight excluding hydrogens is 420 g/mol. The Morgan fingerprint density at radius 3 is 1.97 bits per heavy atom. The summed E-state index contributed by atoms with van der Waals surface area (Å²) in [5, 5.41) is 52.2. The van der Waals surface area contributed by atoms with Crippen molar-refractivity contribution in [2.75, 3.05) is 26.2 Å². The molecule has 0 saturated carbocycles. The predicted molar refractivity (Wildman–Crippen MR) is 105 cm³/mol. The molecule has 1 aromatic carbocycles. The zero-order valence-electron chi connectivity index (χ0n) is 16.5. The number of piperidine rings is 1. The van der Waals surface area contributed by atoms with Crippen LogP contribution in [0.3, 0.4) is 0 Å². The quantitative estimate of drug-likeness (QED) is 0.177. The van der Waals surface area contributed by atoms with Crippen LogP contribution in [-0.4, -0.2) is 56.7 Å². The average molecular weight is 440 g/mol. The van der Waals surface area contributed by atoms with E-state index in [0.29, 0.717) is 31.8 Å². The van der Waals surface area contributed by atoms with Crippen molar-refractivity contribution in [1.29, 1.82) is 0 Å². The first kappa shape index (κ1) is 25.2. The number of hydrogen-bond donors (Lipinski definition) is 1. The molecule has 0 aliphatic carbocycles. The number of carbonyl (C=O) groups excluding carboxylic acids is 1. The molecule has 1 aliphatic heterocycles. The summed E-state index contributed by atoms with van der Waals surface area (Å²) in [6.45, 7) is 3.09. The first-order chi connectivity index (χ1) is 14.5. The molecule has 1 heterocycles. The second kappa shape index (κ2) is 11.4. The molecule has 1 saturated heterocycles. The number of phenolic OH excluding ortho intramolecular Hbond substituents is 1. The zero-order valence-corrected chi connectivity index (χ0v) is 16.5. The molecule has 1 aromatic rings. The van der Waals surface area contributed by atoms with E-state index in [0.717, 1.165) is 19.3 Å². The van der Waals surface area contributed by atoms with E-state index in [1.165, 1.54) is 6.92 Å².